The number of rotatable bonds is 6. The zero-order chi connectivity index (χ0) is 13.7. The third kappa shape index (κ3) is 3.37. The summed E-state index contributed by atoms with van der Waals surface area (Å²) in [5, 5.41) is 8.93. The summed E-state index contributed by atoms with van der Waals surface area (Å²) >= 11 is 0. The number of methoxy groups -OCH3 is 1. The van der Waals surface area contributed by atoms with Gasteiger partial charge in [0.1, 0.15) is 0 Å². The highest BCUT2D eigenvalue weighted by Crippen LogP contribution is 2.23. The molecule has 18 heavy (non-hydrogen) atoms. The number of carbonyl (C=O) groups is 1. The SMILES string of the molecule is COCCN(c1ccc(C(=O)O)c(N)c1)C(C)C. The van der Waals surface area contributed by atoms with Gasteiger partial charge in [0.25, 0.3) is 0 Å². The van der Waals surface area contributed by atoms with Crippen LogP contribution in [0.15, 0.2) is 18.2 Å². The number of carboxylic acid groups (broad SMARTS) is 1. The summed E-state index contributed by atoms with van der Waals surface area (Å²) in [4.78, 5) is 13.0. The van der Waals surface area contributed by atoms with Crippen LogP contribution in [-0.2, 0) is 4.74 Å². The lowest BCUT2D eigenvalue weighted by Crippen LogP contribution is -2.33. The molecule has 0 unspecified atom stereocenters. The average molecular weight is 252 g/mol. The van der Waals surface area contributed by atoms with Gasteiger partial charge < -0.3 is 20.5 Å². The zero-order valence-electron chi connectivity index (χ0n) is 11.0. The minimum Gasteiger partial charge on any atom is -0.478 e. The molecule has 0 aliphatic heterocycles. The highest BCUT2D eigenvalue weighted by Gasteiger charge is 2.14. The van der Waals surface area contributed by atoms with Crippen LogP contribution < -0.4 is 10.6 Å². The van der Waals surface area contributed by atoms with E-state index >= 15 is 0 Å². The first kappa shape index (κ1) is 14.3. The van der Waals surface area contributed by atoms with E-state index in [1.54, 1.807) is 19.2 Å². The van der Waals surface area contributed by atoms with Crippen molar-refractivity contribution < 1.29 is 14.6 Å². The molecule has 1 aromatic carbocycles. The van der Waals surface area contributed by atoms with Crippen LogP contribution in [0.5, 0.6) is 0 Å². The summed E-state index contributed by atoms with van der Waals surface area (Å²) in [5.74, 6) is -1.01. The van der Waals surface area contributed by atoms with Crippen molar-refractivity contribution in [1.82, 2.24) is 0 Å². The average Bonchev–Trinajstić information content (AvgIpc) is 2.28. The van der Waals surface area contributed by atoms with Gasteiger partial charge in [-0.3, -0.25) is 0 Å². The second-order valence-corrected chi connectivity index (χ2v) is 4.36. The molecule has 0 saturated carbocycles. The number of anilines is 2. The van der Waals surface area contributed by atoms with Gasteiger partial charge in [0.05, 0.1) is 12.2 Å². The van der Waals surface area contributed by atoms with Gasteiger partial charge >= 0.3 is 5.97 Å². The standard InChI is InChI=1S/C13H20N2O3/c1-9(2)15(6-7-18-3)10-4-5-11(13(16)17)12(14)8-10/h4-5,8-9H,6-7,14H2,1-3H3,(H,16,17). The maximum atomic E-state index is 10.9. The maximum absolute atomic E-state index is 10.9. The second-order valence-electron chi connectivity index (χ2n) is 4.36. The number of ether oxygens (including phenoxy) is 1. The van der Waals surface area contributed by atoms with E-state index < -0.39 is 5.97 Å². The van der Waals surface area contributed by atoms with E-state index in [1.807, 2.05) is 0 Å². The van der Waals surface area contributed by atoms with Crippen LogP contribution in [0.25, 0.3) is 0 Å². The molecule has 5 heteroatoms. The minimum atomic E-state index is -1.01. The van der Waals surface area contributed by atoms with E-state index in [2.05, 4.69) is 18.7 Å². The highest BCUT2D eigenvalue weighted by molar-refractivity contribution is 5.94. The van der Waals surface area contributed by atoms with Crippen LogP contribution in [-0.4, -0.2) is 37.4 Å². The Labute approximate surface area is 107 Å². The van der Waals surface area contributed by atoms with Crippen LogP contribution >= 0.6 is 0 Å². The molecule has 0 aromatic heterocycles. The predicted octanol–water partition coefficient (Wildman–Crippen LogP) is 1.83. The first-order chi connectivity index (χ1) is 8.47. The molecule has 0 saturated heterocycles. The van der Waals surface area contributed by atoms with Crippen molar-refractivity contribution in [3.05, 3.63) is 23.8 Å². The molecule has 0 fully saturated rings. The van der Waals surface area contributed by atoms with Gasteiger partial charge in [-0.1, -0.05) is 0 Å². The Kier molecular flexibility index (Phi) is 4.97. The predicted molar refractivity (Wildman–Crippen MR) is 72.2 cm³/mol. The molecule has 0 heterocycles. The van der Waals surface area contributed by atoms with Crippen LogP contribution in [0, 0.1) is 0 Å². The molecular formula is C13H20N2O3. The second kappa shape index (κ2) is 6.26. The molecule has 0 aliphatic carbocycles. The van der Waals surface area contributed by atoms with Crippen molar-refractivity contribution in [2.24, 2.45) is 0 Å². The van der Waals surface area contributed by atoms with Crippen molar-refractivity contribution in [2.75, 3.05) is 30.9 Å². The van der Waals surface area contributed by atoms with Gasteiger partial charge in [0.15, 0.2) is 0 Å². The van der Waals surface area contributed by atoms with E-state index in [0.717, 1.165) is 12.2 Å². The lowest BCUT2D eigenvalue weighted by atomic mass is 10.1. The van der Waals surface area contributed by atoms with Gasteiger partial charge in [-0.2, -0.15) is 0 Å². The largest absolute Gasteiger partial charge is 0.478 e. The summed E-state index contributed by atoms with van der Waals surface area (Å²) in [6.45, 7) is 5.48. The molecule has 1 rings (SSSR count). The quantitative estimate of drug-likeness (QED) is 0.755. The first-order valence-corrected chi connectivity index (χ1v) is 5.85. The van der Waals surface area contributed by atoms with Crippen molar-refractivity contribution in [3.63, 3.8) is 0 Å². The number of nitrogens with two attached hydrogens (primary N) is 1. The monoisotopic (exact) mass is 252 g/mol. The maximum Gasteiger partial charge on any atom is 0.337 e. The van der Waals surface area contributed by atoms with Gasteiger partial charge in [0, 0.05) is 31.1 Å². The summed E-state index contributed by atoms with van der Waals surface area (Å²) in [6, 6.07) is 5.29. The fourth-order valence-corrected chi connectivity index (χ4v) is 1.80. The molecule has 0 aliphatic rings. The molecular weight excluding hydrogens is 232 g/mol. The molecule has 0 bridgehead atoms. The lowest BCUT2D eigenvalue weighted by molar-refractivity contribution is 0.0698. The Hall–Kier alpha value is -1.75. The van der Waals surface area contributed by atoms with E-state index in [1.165, 1.54) is 6.07 Å². The zero-order valence-corrected chi connectivity index (χ0v) is 11.0. The molecule has 1 aromatic rings. The summed E-state index contributed by atoms with van der Waals surface area (Å²) in [6.07, 6.45) is 0. The van der Waals surface area contributed by atoms with Crippen LogP contribution in [0.4, 0.5) is 11.4 Å². The van der Waals surface area contributed by atoms with E-state index in [-0.39, 0.29) is 17.3 Å². The van der Waals surface area contributed by atoms with Crippen LogP contribution in [0.3, 0.4) is 0 Å². The summed E-state index contributed by atoms with van der Waals surface area (Å²) < 4.78 is 5.07. The molecule has 100 valence electrons. The topological polar surface area (TPSA) is 75.8 Å². The normalized spacial score (nSPS) is 10.7. The number of hydrogen-bond donors (Lipinski definition) is 2. The first-order valence-electron chi connectivity index (χ1n) is 5.85. The Morgan fingerprint density at radius 2 is 2.17 bits per heavy atom. The Bertz CT molecular complexity index is 419. The third-order valence-electron chi connectivity index (χ3n) is 2.76. The van der Waals surface area contributed by atoms with Crippen molar-refractivity contribution in [3.8, 4) is 0 Å². The number of hydrogen-bond acceptors (Lipinski definition) is 4. The van der Waals surface area contributed by atoms with Crippen LogP contribution in [0.2, 0.25) is 0 Å². The van der Waals surface area contributed by atoms with Gasteiger partial charge in [-0.15, -0.1) is 0 Å². The molecule has 5 nitrogen and oxygen atoms in total. The highest BCUT2D eigenvalue weighted by atomic mass is 16.5. The Morgan fingerprint density at radius 3 is 2.61 bits per heavy atom. The fraction of sp³-hybridized carbons (Fsp3) is 0.462. The van der Waals surface area contributed by atoms with Gasteiger partial charge in [-0.05, 0) is 32.0 Å². The van der Waals surface area contributed by atoms with Crippen LogP contribution in [0.1, 0.15) is 24.2 Å². The smallest absolute Gasteiger partial charge is 0.337 e. The van der Waals surface area contributed by atoms with Crippen molar-refractivity contribution in [2.45, 2.75) is 19.9 Å². The van der Waals surface area contributed by atoms with E-state index in [0.29, 0.717) is 6.61 Å². The molecule has 0 radical (unpaired) electrons. The number of carboxylic acids is 1. The minimum absolute atomic E-state index is 0.134. The number of nitrogen functional groups attached to an aromatic ring is 1. The molecule has 3 N–H and O–H groups in total. The van der Waals surface area contributed by atoms with Gasteiger partial charge in [0.2, 0.25) is 0 Å². The Balaban J connectivity index is 2.99. The van der Waals surface area contributed by atoms with E-state index in [9.17, 15) is 4.79 Å². The van der Waals surface area contributed by atoms with Crippen molar-refractivity contribution in [1.29, 1.82) is 0 Å². The fourth-order valence-electron chi connectivity index (χ4n) is 1.80. The third-order valence-corrected chi connectivity index (χ3v) is 2.76. The summed E-state index contributed by atoms with van der Waals surface area (Å²) in [7, 11) is 1.65. The van der Waals surface area contributed by atoms with Crippen molar-refractivity contribution >= 4 is 17.3 Å². The lowest BCUT2D eigenvalue weighted by Gasteiger charge is -2.29. The number of nitrogens with zero attached hydrogens (tertiary/aromatic N) is 1. The number of aromatic carboxylic acids is 1. The molecule has 0 amide bonds. The van der Waals surface area contributed by atoms with E-state index in [4.69, 9.17) is 15.6 Å². The summed E-state index contributed by atoms with van der Waals surface area (Å²) in [5.41, 5.74) is 7.07. The molecule has 0 atom stereocenters. The van der Waals surface area contributed by atoms with Gasteiger partial charge in [-0.25, -0.2) is 4.79 Å². The number of benzene rings is 1. The molecule has 0 spiro atoms. The Morgan fingerprint density at radius 1 is 1.50 bits per heavy atom.